The highest BCUT2D eigenvalue weighted by atomic mass is 16.4. The fraction of sp³-hybridized carbons (Fsp3) is 0.235. The van der Waals surface area contributed by atoms with Gasteiger partial charge in [0.15, 0.2) is 5.58 Å². The van der Waals surface area contributed by atoms with Gasteiger partial charge in [-0.1, -0.05) is 36.4 Å². The van der Waals surface area contributed by atoms with Gasteiger partial charge in [0.1, 0.15) is 0 Å². The molecule has 106 valence electrons. The molecule has 0 radical (unpaired) electrons. The molecule has 21 heavy (non-hydrogen) atoms. The molecule has 0 N–H and O–H groups in total. The van der Waals surface area contributed by atoms with Crippen molar-refractivity contribution < 1.29 is 4.42 Å². The number of hydrogen-bond acceptors (Lipinski definition) is 3. The zero-order valence-electron chi connectivity index (χ0n) is 11.7. The molecule has 0 unspecified atom stereocenters. The van der Waals surface area contributed by atoms with E-state index in [0.29, 0.717) is 12.3 Å². The van der Waals surface area contributed by atoms with Crippen LogP contribution in [0.1, 0.15) is 11.1 Å². The standard InChI is InChI=1S/C17H16N2O2/c20-17-19(15-7-3-4-8-16(15)21-17)12-18-10-9-13-5-1-2-6-14(13)11-18/h1-8H,9-12H2. The van der Waals surface area contributed by atoms with Crippen LogP contribution in [-0.2, 0) is 19.6 Å². The normalized spacial score (nSPS) is 15.2. The molecular weight excluding hydrogens is 264 g/mol. The average Bonchev–Trinajstić information content (AvgIpc) is 2.83. The summed E-state index contributed by atoms with van der Waals surface area (Å²) in [5.74, 6) is -0.282. The predicted octanol–water partition coefficient (Wildman–Crippen LogP) is 2.61. The Kier molecular flexibility index (Phi) is 2.89. The van der Waals surface area contributed by atoms with Crippen molar-refractivity contribution in [3.63, 3.8) is 0 Å². The second kappa shape index (κ2) is 4.90. The third-order valence-electron chi connectivity index (χ3n) is 4.12. The Hall–Kier alpha value is -2.33. The lowest BCUT2D eigenvalue weighted by atomic mass is 10.0. The van der Waals surface area contributed by atoms with E-state index in [0.717, 1.165) is 25.0 Å². The summed E-state index contributed by atoms with van der Waals surface area (Å²) in [7, 11) is 0. The van der Waals surface area contributed by atoms with Crippen molar-refractivity contribution in [2.45, 2.75) is 19.6 Å². The van der Waals surface area contributed by atoms with Crippen LogP contribution in [0.25, 0.3) is 11.1 Å². The molecule has 1 aromatic heterocycles. The molecule has 2 aromatic carbocycles. The molecule has 4 heteroatoms. The van der Waals surface area contributed by atoms with E-state index in [-0.39, 0.29) is 5.76 Å². The molecule has 0 fully saturated rings. The number of benzene rings is 2. The quantitative estimate of drug-likeness (QED) is 0.724. The Balaban J connectivity index is 1.65. The van der Waals surface area contributed by atoms with Crippen LogP contribution in [0.3, 0.4) is 0 Å². The van der Waals surface area contributed by atoms with Gasteiger partial charge in [-0.15, -0.1) is 0 Å². The highest BCUT2D eigenvalue weighted by Gasteiger charge is 2.18. The summed E-state index contributed by atoms with van der Waals surface area (Å²) in [6.07, 6.45) is 1.03. The van der Waals surface area contributed by atoms with E-state index in [4.69, 9.17) is 4.42 Å². The summed E-state index contributed by atoms with van der Waals surface area (Å²) in [4.78, 5) is 14.3. The van der Waals surface area contributed by atoms with Crippen LogP contribution in [0.2, 0.25) is 0 Å². The predicted molar refractivity (Wildman–Crippen MR) is 81.0 cm³/mol. The molecule has 0 aliphatic carbocycles. The molecule has 2 heterocycles. The van der Waals surface area contributed by atoms with Gasteiger partial charge in [0.05, 0.1) is 12.2 Å². The largest absolute Gasteiger partial charge is 0.421 e. The summed E-state index contributed by atoms with van der Waals surface area (Å²) >= 11 is 0. The number of para-hydroxylation sites is 2. The minimum absolute atomic E-state index is 0.282. The Bertz CT molecular complexity index is 847. The Labute approximate surface area is 122 Å². The molecule has 0 saturated carbocycles. The minimum atomic E-state index is -0.282. The summed E-state index contributed by atoms with van der Waals surface area (Å²) in [6.45, 7) is 2.41. The Morgan fingerprint density at radius 1 is 1.00 bits per heavy atom. The molecule has 0 bridgehead atoms. The topological polar surface area (TPSA) is 38.4 Å². The molecule has 4 nitrogen and oxygen atoms in total. The zero-order valence-corrected chi connectivity index (χ0v) is 11.7. The van der Waals surface area contributed by atoms with E-state index >= 15 is 0 Å². The second-order valence-electron chi connectivity index (χ2n) is 5.48. The van der Waals surface area contributed by atoms with Crippen molar-refractivity contribution >= 4 is 11.1 Å². The molecule has 3 aromatic rings. The third kappa shape index (κ3) is 2.17. The molecule has 0 amide bonds. The van der Waals surface area contributed by atoms with E-state index in [1.54, 1.807) is 4.57 Å². The number of aromatic nitrogens is 1. The van der Waals surface area contributed by atoms with Crippen LogP contribution in [0, 0.1) is 0 Å². The highest BCUT2D eigenvalue weighted by molar-refractivity contribution is 5.72. The summed E-state index contributed by atoms with van der Waals surface area (Å²) in [6, 6.07) is 16.1. The van der Waals surface area contributed by atoms with Crippen molar-refractivity contribution in [2.24, 2.45) is 0 Å². The fourth-order valence-electron chi connectivity index (χ4n) is 3.02. The van der Waals surface area contributed by atoms with Gasteiger partial charge in [-0.2, -0.15) is 0 Å². The van der Waals surface area contributed by atoms with Gasteiger partial charge in [0.25, 0.3) is 0 Å². The van der Waals surface area contributed by atoms with E-state index in [1.807, 2.05) is 24.3 Å². The van der Waals surface area contributed by atoms with Crippen molar-refractivity contribution in [3.8, 4) is 0 Å². The van der Waals surface area contributed by atoms with Crippen molar-refractivity contribution in [1.29, 1.82) is 0 Å². The third-order valence-corrected chi connectivity index (χ3v) is 4.12. The van der Waals surface area contributed by atoms with Crippen molar-refractivity contribution in [2.75, 3.05) is 6.54 Å². The molecule has 0 saturated heterocycles. The number of fused-ring (bicyclic) bond motifs is 2. The molecule has 1 aliphatic rings. The maximum absolute atomic E-state index is 12.0. The van der Waals surface area contributed by atoms with Gasteiger partial charge < -0.3 is 4.42 Å². The van der Waals surface area contributed by atoms with E-state index in [9.17, 15) is 4.79 Å². The number of nitrogens with zero attached hydrogens (tertiary/aromatic N) is 2. The first-order valence-electron chi connectivity index (χ1n) is 7.19. The lowest BCUT2D eigenvalue weighted by molar-refractivity contribution is 0.196. The average molecular weight is 280 g/mol. The summed E-state index contributed by atoms with van der Waals surface area (Å²) < 4.78 is 7.00. The highest BCUT2D eigenvalue weighted by Crippen LogP contribution is 2.20. The number of hydrogen-bond donors (Lipinski definition) is 0. The molecule has 1 aliphatic heterocycles. The van der Waals surface area contributed by atoms with Gasteiger partial charge in [-0.05, 0) is 29.7 Å². The molecular formula is C17H16N2O2. The van der Waals surface area contributed by atoms with E-state index in [2.05, 4.69) is 29.2 Å². The first kappa shape index (κ1) is 12.4. The van der Waals surface area contributed by atoms with Crippen LogP contribution in [0.15, 0.2) is 57.7 Å². The number of oxazole rings is 1. The van der Waals surface area contributed by atoms with Crippen LogP contribution < -0.4 is 5.76 Å². The first-order valence-corrected chi connectivity index (χ1v) is 7.19. The lowest BCUT2D eigenvalue weighted by Gasteiger charge is -2.28. The van der Waals surface area contributed by atoms with Crippen molar-refractivity contribution in [3.05, 3.63) is 70.2 Å². The first-order chi connectivity index (χ1) is 10.3. The van der Waals surface area contributed by atoms with Gasteiger partial charge in [-0.25, -0.2) is 4.79 Å². The van der Waals surface area contributed by atoms with Gasteiger partial charge in [0, 0.05) is 13.1 Å². The zero-order chi connectivity index (χ0) is 14.2. The minimum Gasteiger partial charge on any atom is -0.408 e. The summed E-state index contributed by atoms with van der Waals surface area (Å²) in [5.41, 5.74) is 4.28. The Morgan fingerprint density at radius 2 is 1.76 bits per heavy atom. The van der Waals surface area contributed by atoms with Gasteiger partial charge >= 0.3 is 5.76 Å². The molecule has 0 atom stereocenters. The van der Waals surface area contributed by atoms with Crippen LogP contribution >= 0.6 is 0 Å². The maximum Gasteiger partial charge on any atom is 0.421 e. The lowest BCUT2D eigenvalue weighted by Crippen LogP contribution is -2.34. The van der Waals surface area contributed by atoms with Crippen LogP contribution in [0.5, 0.6) is 0 Å². The van der Waals surface area contributed by atoms with E-state index in [1.165, 1.54) is 11.1 Å². The fourth-order valence-corrected chi connectivity index (χ4v) is 3.02. The van der Waals surface area contributed by atoms with Crippen LogP contribution in [-0.4, -0.2) is 16.0 Å². The van der Waals surface area contributed by atoms with Crippen molar-refractivity contribution in [1.82, 2.24) is 9.47 Å². The summed E-state index contributed by atoms with van der Waals surface area (Å²) in [5, 5.41) is 0. The monoisotopic (exact) mass is 280 g/mol. The smallest absolute Gasteiger partial charge is 0.408 e. The molecule has 0 spiro atoms. The Morgan fingerprint density at radius 3 is 2.67 bits per heavy atom. The SMILES string of the molecule is O=c1oc2ccccc2n1CN1CCc2ccccc2C1. The maximum atomic E-state index is 12.0. The van der Waals surface area contributed by atoms with Gasteiger partial charge in [0.2, 0.25) is 0 Å². The second-order valence-corrected chi connectivity index (χ2v) is 5.48. The van der Waals surface area contributed by atoms with Gasteiger partial charge in [-0.3, -0.25) is 9.47 Å². The number of rotatable bonds is 2. The molecule has 4 rings (SSSR count). The van der Waals surface area contributed by atoms with Crippen LogP contribution in [0.4, 0.5) is 0 Å². The van der Waals surface area contributed by atoms with E-state index < -0.39 is 0 Å².